The SMILES string of the molecule is Cc1ncc(Br)c(=O)n1Cc1ccc(Br)c([N+](=O)[O-])c1. The molecule has 1 aromatic carbocycles. The van der Waals surface area contributed by atoms with E-state index in [1.54, 1.807) is 19.1 Å². The molecule has 1 heterocycles. The molecule has 2 rings (SSSR count). The molecule has 0 N–H and O–H groups in total. The van der Waals surface area contributed by atoms with E-state index in [9.17, 15) is 14.9 Å². The van der Waals surface area contributed by atoms with Crippen LogP contribution in [-0.2, 0) is 6.54 Å². The molecule has 0 bridgehead atoms. The minimum atomic E-state index is -0.470. The summed E-state index contributed by atoms with van der Waals surface area (Å²) in [6, 6.07) is 4.76. The molecule has 8 heteroatoms. The van der Waals surface area contributed by atoms with E-state index >= 15 is 0 Å². The van der Waals surface area contributed by atoms with Crippen molar-refractivity contribution in [2.75, 3.05) is 0 Å². The van der Waals surface area contributed by atoms with Gasteiger partial charge in [-0.1, -0.05) is 6.07 Å². The van der Waals surface area contributed by atoms with Crippen LogP contribution in [0.3, 0.4) is 0 Å². The van der Waals surface area contributed by atoms with Gasteiger partial charge in [-0.3, -0.25) is 19.5 Å². The third-order valence-corrected chi connectivity index (χ3v) is 3.97. The molecule has 0 saturated carbocycles. The molecule has 0 radical (unpaired) electrons. The van der Waals surface area contributed by atoms with E-state index < -0.39 is 4.92 Å². The third kappa shape index (κ3) is 2.96. The van der Waals surface area contributed by atoms with Crippen molar-refractivity contribution >= 4 is 37.5 Å². The number of hydrogen-bond acceptors (Lipinski definition) is 4. The summed E-state index contributed by atoms with van der Waals surface area (Å²) < 4.78 is 2.22. The second kappa shape index (κ2) is 5.84. The lowest BCUT2D eigenvalue weighted by molar-refractivity contribution is -0.385. The Morgan fingerprint density at radius 2 is 2.05 bits per heavy atom. The Hall–Kier alpha value is -1.54. The van der Waals surface area contributed by atoms with Gasteiger partial charge >= 0.3 is 0 Å². The van der Waals surface area contributed by atoms with Crippen LogP contribution in [0.25, 0.3) is 0 Å². The number of aryl methyl sites for hydroxylation is 1. The summed E-state index contributed by atoms with van der Waals surface area (Å²) in [4.78, 5) is 26.5. The second-order valence-corrected chi connectivity index (χ2v) is 5.80. The number of rotatable bonds is 3. The Balaban J connectivity index is 2.46. The van der Waals surface area contributed by atoms with Crippen molar-refractivity contribution in [1.29, 1.82) is 0 Å². The first-order valence-corrected chi connectivity index (χ1v) is 7.13. The molecule has 0 spiro atoms. The highest BCUT2D eigenvalue weighted by Gasteiger charge is 2.13. The van der Waals surface area contributed by atoms with Crippen LogP contribution in [0, 0.1) is 17.0 Å². The summed E-state index contributed by atoms with van der Waals surface area (Å²) in [6.45, 7) is 1.94. The molecule has 0 atom stereocenters. The van der Waals surface area contributed by atoms with Crippen LogP contribution in [0.4, 0.5) is 5.69 Å². The van der Waals surface area contributed by atoms with E-state index in [1.807, 2.05) is 0 Å². The maximum Gasteiger partial charge on any atom is 0.283 e. The average Bonchev–Trinajstić information content (AvgIpc) is 2.40. The fourth-order valence-electron chi connectivity index (χ4n) is 1.72. The van der Waals surface area contributed by atoms with Crippen LogP contribution < -0.4 is 5.56 Å². The molecule has 0 aliphatic carbocycles. The molecule has 6 nitrogen and oxygen atoms in total. The second-order valence-electron chi connectivity index (χ2n) is 4.09. The zero-order valence-corrected chi connectivity index (χ0v) is 13.5. The van der Waals surface area contributed by atoms with Gasteiger partial charge in [0.2, 0.25) is 0 Å². The predicted octanol–water partition coefficient (Wildman–Crippen LogP) is 3.03. The van der Waals surface area contributed by atoms with Gasteiger partial charge in [-0.15, -0.1) is 0 Å². The molecule has 20 heavy (non-hydrogen) atoms. The van der Waals surface area contributed by atoms with Gasteiger partial charge in [0.1, 0.15) is 10.3 Å². The first-order valence-electron chi connectivity index (χ1n) is 5.55. The monoisotopic (exact) mass is 401 g/mol. The fourth-order valence-corrected chi connectivity index (χ4v) is 2.42. The Kier molecular flexibility index (Phi) is 4.34. The lowest BCUT2D eigenvalue weighted by atomic mass is 10.2. The minimum Gasteiger partial charge on any atom is -0.291 e. The Morgan fingerprint density at radius 3 is 2.70 bits per heavy atom. The fraction of sp³-hybridized carbons (Fsp3) is 0.167. The number of nitrogens with zero attached hydrogens (tertiary/aromatic N) is 3. The molecular formula is C12H9Br2N3O3. The van der Waals surface area contributed by atoms with Crippen molar-refractivity contribution in [3.8, 4) is 0 Å². The number of halogens is 2. The molecular weight excluding hydrogens is 394 g/mol. The lowest BCUT2D eigenvalue weighted by Gasteiger charge is -2.09. The molecule has 0 aliphatic heterocycles. The average molecular weight is 403 g/mol. The van der Waals surface area contributed by atoms with Crippen molar-refractivity contribution in [3.63, 3.8) is 0 Å². The van der Waals surface area contributed by atoms with E-state index in [1.165, 1.54) is 16.8 Å². The Labute approximate surface area is 130 Å². The molecule has 2 aromatic rings. The summed E-state index contributed by atoms with van der Waals surface area (Å²) in [5.74, 6) is 0.545. The van der Waals surface area contributed by atoms with Gasteiger partial charge in [-0.25, -0.2) is 4.98 Å². The first-order chi connectivity index (χ1) is 9.40. The predicted molar refractivity (Wildman–Crippen MR) is 80.8 cm³/mol. The molecule has 0 aliphatic rings. The first kappa shape index (κ1) is 14.9. The molecule has 1 aromatic heterocycles. The molecule has 0 fully saturated rings. The largest absolute Gasteiger partial charge is 0.291 e. The van der Waals surface area contributed by atoms with E-state index in [0.717, 1.165) is 0 Å². The number of benzene rings is 1. The van der Waals surface area contributed by atoms with Gasteiger partial charge in [-0.2, -0.15) is 0 Å². The van der Waals surface area contributed by atoms with Gasteiger partial charge in [0.05, 0.1) is 15.9 Å². The van der Waals surface area contributed by atoms with Crippen LogP contribution >= 0.6 is 31.9 Å². The van der Waals surface area contributed by atoms with E-state index in [0.29, 0.717) is 20.3 Å². The number of nitro groups is 1. The maximum absolute atomic E-state index is 12.0. The van der Waals surface area contributed by atoms with Crippen LogP contribution in [0.2, 0.25) is 0 Å². The summed E-state index contributed by atoms with van der Waals surface area (Å²) in [6.07, 6.45) is 1.44. The van der Waals surface area contributed by atoms with Crippen LogP contribution in [0.5, 0.6) is 0 Å². The van der Waals surface area contributed by atoms with E-state index in [-0.39, 0.29) is 17.8 Å². The third-order valence-electron chi connectivity index (χ3n) is 2.75. The van der Waals surface area contributed by atoms with Crippen molar-refractivity contribution in [2.45, 2.75) is 13.5 Å². The van der Waals surface area contributed by atoms with Gasteiger partial charge < -0.3 is 0 Å². The Morgan fingerprint density at radius 1 is 1.35 bits per heavy atom. The number of hydrogen-bond donors (Lipinski definition) is 0. The van der Waals surface area contributed by atoms with E-state index in [4.69, 9.17) is 0 Å². The van der Waals surface area contributed by atoms with Gasteiger partial charge in [-0.05, 0) is 50.4 Å². The highest BCUT2D eigenvalue weighted by molar-refractivity contribution is 9.10. The van der Waals surface area contributed by atoms with Crippen molar-refractivity contribution < 1.29 is 4.92 Å². The normalized spacial score (nSPS) is 10.6. The summed E-state index contributed by atoms with van der Waals surface area (Å²) >= 11 is 6.26. The summed E-state index contributed by atoms with van der Waals surface area (Å²) in [5, 5.41) is 10.9. The highest BCUT2D eigenvalue weighted by Crippen LogP contribution is 2.25. The van der Waals surface area contributed by atoms with Crippen LogP contribution in [0.1, 0.15) is 11.4 Å². The minimum absolute atomic E-state index is 0.0313. The number of nitro benzene ring substituents is 1. The van der Waals surface area contributed by atoms with Gasteiger partial charge in [0.25, 0.3) is 11.2 Å². The molecule has 0 amide bonds. The number of aromatic nitrogens is 2. The van der Waals surface area contributed by atoms with E-state index in [2.05, 4.69) is 36.8 Å². The standard InChI is InChI=1S/C12H9Br2N3O3/c1-7-15-5-10(14)12(18)16(7)6-8-2-3-9(13)11(4-8)17(19)20/h2-5H,6H2,1H3. The lowest BCUT2D eigenvalue weighted by Crippen LogP contribution is -2.24. The molecule has 104 valence electrons. The maximum atomic E-state index is 12.0. The smallest absolute Gasteiger partial charge is 0.283 e. The molecule has 0 saturated heterocycles. The zero-order chi connectivity index (χ0) is 14.9. The molecule has 0 unspecified atom stereocenters. The van der Waals surface area contributed by atoms with Crippen molar-refractivity contribution in [3.05, 3.63) is 65.2 Å². The quantitative estimate of drug-likeness (QED) is 0.583. The zero-order valence-electron chi connectivity index (χ0n) is 10.3. The van der Waals surface area contributed by atoms with Crippen molar-refractivity contribution in [2.24, 2.45) is 0 Å². The summed E-state index contributed by atoms with van der Waals surface area (Å²) in [5.41, 5.74) is 0.407. The van der Waals surface area contributed by atoms with Crippen LogP contribution in [-0.4, -0.2) is 14.5 Å². The van der Waals surface area contributed by atoms with Crippen molar-refractivity contribution in [1.82, 2.24) is 9.55 Å². The topological polar surface area (TPSA) is 78.0 Å². The van der Waals surface area contributed by atoms with Gasteiger partial charge in [0.15, 0.2) is 0 Å². The highest BCUT2D eigenvalue weighted by atomic mass is 79.9. The Bertz CT molecular complexity index is 743. The van der Waals surface area contributed by atoms with Gasteiger partial charge in [0, 0.05) is 12.3 Å². The van der Waals surface area contributed by atoms with Crippen LogP contribution in [0.15, 0.2) is 38.1 Å². The summed E-state index contributed by atoms with van der Waals surface area (Å²) in [7, 11) is 0.